The SMILES string of the molecule is CC(=O)Nc1c(C)n(Cc2ccccc2)n(-c2ccccc2)c1=O. The summed E-state index contributed by atoms with van der Waals surface area (Å²) in [7, 11) is 0. The largest absolute Gasteiger partial charge is 0.320 e. The number of nitrogens with zero attached hydrogens (tertiary/aromatic N) is 2. The zero-order chi connectivity index (χ0) is 17.1. The lowest BCUT2D eigenvalue weighted by Crippen LogP contribution is -2.23. The van der Waals surface area contributed by atoms with E-state index in [0.29, 0.717) is 12.2 Å². The van der Waals surface area contributed by atoms with Crippen molar-refractivity contribution in [1.29, 1.82) is 0 Å². The molecule has 0 fully saturated rings. The number of carbonyl (C=O) groups is 1. The number of benzene rings is 2. The van der Waals surface area contributed by atoms with Gasteiger partial charge in [0.1, 0.15) is 5.69 Å². The molecule has 1 N–H and O–H groups in total. The summed E-state index contributed by atoms with van der Waals surface area (Å²) in [6.45, 7) is 3.78. The number of amides is 1. The van der Waals surface area contributed by atoms with Crippen molar-refractivity contribution in [2.75, 3.05) is 5.32 Å². The van der Waals surface area contributed by atoms with E-state index in [1.807, 2.05) is 72.3 Å². The second-order valence-corrected chi connectivity index (χ2v) is 5.64. The normalized spacial score (nSPS) is 10.6. The summed E-state index contributed by atoms with van der Waals surface area (Å²) >= 11 is 0. The van der Waals surface area contributed by atoms with E-state index in [1.165, 1.54) is 6.92 Å². The Kier molecular flexibility index (Phi) is 4.33. The Bertz CT molecular complexity index is 909. The molecule has 0 radical (unpaired) electrons. The topological polar surface area (TPSA) is 56.0 Å². The minimum atomic E-state index is -0.257. The minimum absolute atomic E-state index is 0.232. The number of carbonyl (C=O) groups excluding carboxylic acids is 1. The summed E-state index contributed by atoms with van der Waals surface area (Å²) < 4.78 is 3.49. The van der Waals surface area contributed by atoms with Crippen molar-refractivity contribution in [2.24, 2.45) is 0 Å². The zero-order valence-corrected chi connectivity index (χ0v) is 13.7. The Morgan fingerprint density at radius 2 is 1.58 bits per heavy atom. The molecule has 0 aliphatic carbocycles. The Hall–Kier alpha value is -3.08. The molecular weight excluding hydrogens is 302 g/mol. The molecule has 0 atom stereocenters. The van der Waals surface area contributed by atoms with Crippen LogP contribution in [0.1, 0.15) is 18.2 Å². The van der Waals surface area contributed by atoms with Crippen molar-refractivity contribution in [3.8, 4) is 5.69 Å². The number of nitrogens with one attached hydrogen (secondary N) is 1. The minimum Gasteiger partial charge on any atom is -0.320 e. The van der Waals surface area contributed by atoms with Crippen molar-refractivity contribution >= 4 is 11.6 Å². The summed E-state index contributed by atoms with van der Waals surface area (Å²) in [5, 5.41) is 2.66. The predicted molar refractivity (Wildman–Crippen MR) is 94.6 cm³/mol. The molecule has 2 aromatic carbocycles. The first kappa shape index (κ1) is 15.8. The predicted octanol–water partition coefficient (Wildman–Crippen LogP) is 2.95. The van der Waals surface area contributed by atoms with Gasteiger partial charge in [0, 0.05) is 6.92 Å². The van der Waals surface area contributed by atoms with E-state index in [4.69, 9.17) is 0 Å². The van der Waals surface area contributed by atoms with E-state index in [2.05, 4.69) is 5.32 Å². The highest BCUT2D eigenvalue weighted by molar-refractivity contribution is 5.89. The summed E-state index contributed by atoms with van der Waals surface area (Å²) in [6.07, 6.45) is 0. The summed E-state index contributed by atoms with van der Waals surface area (Å²) in [4.78, 5) is 24.3. The summed E-state index contributed by atoms with van der Waals surface area (Å²) in [5.41, 5.74) is 2.66. The smallest absolute Gasteiger partial charge is 0.295 e. The van der Waals surface area contributed by atoms with Gasteiger partial charge in [-0.1, -0.05) is 48.5 Å². The van der Waals surface area contributed by atoms with Crippen LogP contribution in [0.2, 0.25) is 0 Å². The van der Waals surface area contributed by atoms with Gasteiger partial charge >= 0.3 is 0 Å². The third kappa shape index (κ3) is 3.01. The zero-order valence-electron chi connectivity index (χ0n) is 13.7. The average molecular weight is 321 g/mol. The standard InChI is InChI=1S/C19H19N3O2/c1-14-18(20-15(2)23)19(24)22(17-11-7-4-8-12-17)21(14)13-16-9-5-3-6-10-16/h3-12H,13H2,1-2H3,(H,20,23). The van der Waals surface area contributed by atoms with E-state index in [9.17, 15) is 9.59 Å². The molecule has 0 spiro atoms. The van der Waals surface area contributed by atoms with E-state index in [1.54, 1.807) is 4.68 Å². The molecule has 24 heavy (non-hydrogen) atoms. The van der Waals surface area contributed by atoms with Crippen LogP contribution < -0.4 is 10.9 Å². The fraction of sp³-hybridized carbons (Fsp3) is 0.158. The van der Waals surface area contributed by atoms with Gasteiger partial charge in [-0.25, -0.2) is 4.68 Å². The van der Waals surface area contributed by atoms with E-state index >= 15 is 0 Å². The van der Waals surface area contributed by atoms with Crippen molar-refractivity contribution in [3.05, 3.63) is 82.3 Å². The van der Waals surface area contributed by atoms with Crippen LogP contribution in [0.5, 0.6) is 0 Å². The summed E-state index contributed by atoms with van der Waals surface area (Å²) in [5.74, 6) is -0.257. The first-order valence-electron chi connectivity index (χ1n) is 7.77. The third-order valence-electron chi connectivity index (χ3n) is 3.87. The molecule has 0 saturated heterocycles. The van der Waals surface area contributed by atoms with Crippen molar-refractivity contribution in [3.63, 3.8) is 0 Å². The van der Waals surface area contributed by atoms with E-state index in [0.717, 1.165) is 16.9 Å². The highest BCUT2D eigenvalue weighted by Crippen LogP contribution is 2.17. The monoisotopic (exact) mass is 321 g/mol. The molecule has 3 rings (SSSR count). The van der Waals surface area contributed by atoms with Gasteiger partial charge in [0.05, 0.1) is 17.9 Å². The number of hydrogen-bond donors (Lipinski definition) is 1. The lowest BCUT2D eigenvalue weighted by Gasteiger charge is -2.13. The first-order valence-corrected chi connectivity index (χ1v) is 7.77. The molecule has 122 valence electrons. The molecule has 0 bridgehead atoms. The molecule has 5 nitrogen and oxygen atoms in total. The van der Waals surface area contributed by atoms with Crippen LogP contribution in [0.3, 0.4) is 0 Å². The molecule has 1 heterocycles. The number of hydrogen-bond acceptors (Lipinski definition) is 2. The van der Waals surface area contributed by atoms with Gasteiger partial charge < -0.3 is 5.32 Å². The van der Waals surface area contributed by atoms with Crippen LogP contribution in [-0.4, -0.2) is 15.3 Å². The quantitative estimate of drug-likeness (QED) is 0.803. The van der Waals surface area contributed by atoms with Crippen LogP contribution in [0.25, 0.3) is 5.69 Å². The van der Waals surface area contributed by atoms with Crippen LogP contribution >= 0.6 is 0 Å². The maximum Gasteiger partial charge on any atom is 0.295 e. The Morgan fingerprint density at radius 3 is 2.17 bits per heavy atom. The van der Waals surface area contributed by atoms with Crippen LogP contribution in [-0.2, 0) is 11.3 Å². The molecule has 0 saturated carbocycles. The van der Waals surface area contributed by atoms with Crippen molar-refractivity contribution < 1.29 is 4.79 Å². The van der Waals surface area contributed by atoms with Gasteiger partial charge in [0.25, 0.3) is 5.56 Å². The lowest BCUT2D eigenvalue weighted by molar-refractivity contribution is -0.114. The molecule has 0 unspecified atom stereocenters. The fourth-order valence-corrected chi connectivity index (χ4v) is 2.74. The summed E-state index contributed by atoms with van der Waals surface area (Å²) in [6, 6.07) is 19.3. The second-order valence-electron chi connectivity index (χ2n) is 5.64. The van der Waals surface area contributed by atoms with E-state index < -0.39 is 0 Å². The fourth-order valence-electron chi connectivity index (χ4n) is 2.74. The molecule has 0 aliphatic rings. The maximum atomic E-state index is 12.9. The Labute approximate surface area is 140 Å². The second kappa shape index (κ2) is 6.58. The maximum absolute atomic E-state index is 12.9. The van der Waals surface area contributed by atoms with Crippen molar-refractivity contribution in [1.82, 2.24) is 9.36 Å². The molecule has 1 aromatic heterocycles. The number of anilines is 1. The number of rotatable bonds is 4. The van der Waals surface area contributed by atoms with Crippen LogP contribution in [0.15, 0.2) is 65.5 Å². The highest BCUT2D eigenvalue weighted by Gasteiger charge is 2.19. The lowest BCUT2D eigenvalue weighted by atomic mass is 10.2. The van der Waals surface area contributed by atoms with Gasteiger partial charge in [0.15, 0.2) is 0 Å². The van der Waals surface area contributed by atoms with Gasteiger partial charge in [0.2, 0.25) is 5.91 Å². The molecular formula is C19H19N3O2. The van der Waals surface area contributed by atoms with E-state index in [-0.39, 0.29) is 11.5 Å². The van der Waals surface area contributed by atoms with Gasteiger partial charge in [-0.3, -0.25) is 14.3 Å². The van der Waals surface area contributed by atoms with Crippen LogP contribution in [0.4, 0.5) is 5.69 Å². The molecule has 5 heteroatoms. The molecule has 3 aromatic rings. The van der Waals surface area contributed by atoms with Crippen LogP contribution in [0, 0.1) is 6.92 Å². The number of aromatic nitrogens is 2. The van der Waals surface area contributed by atoms with Gasteiger partial charge in [-0.15, -0.1) is 0 Å². The third-order valence-corrected chi connectivity index (χ3v) is 3.87. The van der Waals surface area contributed by atoms with Gasteiger partial charge in [-0.05, 0) is 24.6 Å². The van der Waals surface area contributed by atoms with Crippen molar-refractivity contribution in [2.45, 2.75) is 20.4 Å². The Balaban J connectivity index is 2.18. The molecule has 1 amide bonds. The highest BCUT2D eigenvalue weighted by atomic mass is 16.2. The Morgan fingerprint density at radius 1 is 1.00 bits per heavy atom. The molecule has 0 aliphatic heterocycles. The average Bonchev–Trinajstić information content (AvgIpc) is 2.81. The van der Waals surface area contributed by atoms with Gasteiger partial charge in [-0.2, -0.15) is 0 Å². The number of para-hydroxylation sites is 1. The first-order chi connectivity index (χ1) is 11.6.